The van der Waals surface area contributed by atoms with Gasteiger partial charge < -0.3 is 14.8 Å². The normalized spacial score (nSPS) is 15.8. The Morgan fingerprint density at radius 2 is 2.24 bits per heavy atom. The second-order valence-corrected chi connectivity index (χ2v) is 6.50. The van der Waals surface area contributed by atoms with Gasteiger partial charge in [-0.25, -0.2) is 9.89 Å². The van der Waals surface area contributed by atoms with Crippen molar-refractivity contribution in [2.45, 2.75) is 31.1 Å². The highest BCUT2D eigenvalue weighted by Crippen LogP contribution is 2.30. The lowest BCUT2D eigenvalue weighted by atomic mass is 10.2. The molecule has 1 aliphatic heterocycles. The molecule has 1 amide bonds. The number of para-hydroxylation sites is 2. The first-order chi connectivity index (χ1) is 12.2. The van der Waals surface area contributed by atoms with Crippen LogP contribution in [0.4, 0.5) is 0 Å². The van der Waals surface area contributed by atoms with Crippen LogP contribution in [0.15, 0.2) is 34.2 Å². The first-order valence-corrected chi connectivity index (χ1v) is 9.09. The van der Waals surface area contributed by atoms with Gasteiger partial charge in [-0.2, -0.15) is 0 Å². The quantitative estimate of drug-likeness (QED) is 0.712. The van der Waals surface area contributed by atoms with E-state index in [1.165, 1.54) is 16.3 Å². The minimum Gasteiger partial charge on any atom is -0.486 e. The number of hydrogen-bond acceptors (Lipinski definition) is 6. The lowest BCUT2D eigenvalue weighted by molar-refractivity contribution is -0.119. The number of nitrogens with zero attached hydrogens (tertiary/aromatic N) is 2. The first kappa shape index (κ1) is 17.4. The van der Waals surface area contributed by atoms with Crippen LogP contribution in [0.25, 0.3) is 0 Å². The summed E-state index contributed by atoms with van der Waals surface area (Å²) in [5.74, 6) is 1.43. The van der Waals surface area contributed by atoms with E-state index in [9.17, 15) is 9.59 Å². The van der Waals surface area contributed by atoms with Crippen molar-refractivity contribution in [2.75, 3.05) is 18.9 Å². The summed E-state index contributed by atoms with van der Waals surface area (Å²) in [4.78, 5) is 23.6. The molecule has 1 unspecified atom stereocenters. The van der Waals surface area contributed by atoms with E-state index in [4.69, 9.17) is 9.47 Å². The summed E-state index contributed by atoms with van der Waals surface area (Å²) >= 11 is 1.23. The summed E-state index contributed by atoms with van der Waals surface area (Å²) in [7, 11) is 0. The van der Waals surface area contributed by atoms with Gasteiger partial charge in [0, 0.05) is 6.54 Å². The summed E-state index contributed by atoms with van der Waals surface area (Å²) < 4.78 is 12.9. The van der Waals surface area contributed by atoms with Gasteiger partial charge in [0.05, 0.1) is 12.3 Å². The molecule has 134 valence electrons. The SMILES string of the molecule is CCCn1c(SCC(=O)NCC2COc3ccccc3O2)n[nH]c1=O. The average Bonchev–Trinajstić information content (AvgIpc) is 2.98. The van der Waals surface area contributed by atoms with Crippen molar-refractivity contribution in [1.29, 1.82) is 0 Å². The molecule has 2 aromatic rings. The monoisotopic (exact) mass is 364 g/mol. The number of carbonyl (C=O) groups is 1. The number of benzene rings is 1. The number of H-pyrrole nitrogens is 1. The van der Waals surface area contributed by atoms with Crippen LogP contribution in [-0.2, 0) is 11.3 Å². The molecule has 0 spiro atoms. The fourth-order valence-electron chi connectivity index (χ4n) is 2.41. The summed E-state index contributed by atoms with van der Waals surface area (Å²) in [6.07, 6.45) is 0.590. The Kier molecular flexibility index (Phi) is 5.64. The fraction of sp³-hybridized carbons (Fsp3) is 0.438. The molecular formula is C16H20N4O4S. The van der Waals surface area contributed by atoms with E-state index >= 15 is 0 Å². The van der Waals surface area contributed by atoms with E-state index in [1.807, 2.05) is 31.2 Å². The molecule has 0 saturated carbocycles. The number of fused-ring (bicyclic) bond motifs is 1. The maximum Gasteiger partial charge on any atom is 0.343 e. The third kappa shape index (κ3) is 4.36. The lowest BCUT2D eigenvalue weighted by Gasteiger charge is -2.26. The van der Waals surface area contributed by atoms with Gasteiger partial charge in [0.1, 0.15) is 12.7 Å². The second-order valence-electron chi connectivity index (χ2n) is 5.55. The number of carbonyl (C=O) groups excluding carboxylic acids is 1. The van der Waals surface area contributed by atoms with Crippen LogP contribution >= 0.6 is 11.8 Å². The van der Waals surface area contributed by atoms with Crippen LogP contribution in [0.1, 0.15) is 13.3 Å². The third-order valence-electron chi connectivity index (χ3n) is 3.60. The van der Waals surface area contributed by atoms with E-state index in [1.54, 1.807) is 0 Å². The maximum atomic E-state index is 12.0. The van der Waals surface area contributed by atoms with Crippen molar-refractivity contribution in [3.8, 4) is 11.5 Å². The molecule has 0 aliphatic carbocycles. The minimum atomic E-state index is -0.254. The molecule has 0 fully saturated rings. The molecule has 1 aliphatic rings. The number of hydrogen-bond donors (Lipinski definition) is 2. The highest BCUT2D eigenvalue weighted by atomic mass is 32.2. The van der Waals surface area contributed by atoms with Crippen LogP contribution in [0.3, 0.4) is 0 Å². The predicted molar refractivity (Wildman–Crippen MR) is 93.2 cm³/mol. The standard InChI is InChI=1S/C16H20N4O4S/c1-2-7-20-15(22)18-19-16(20)25-10-14(21)17-8-11-9-23-12-5-3-4-6-13(12)24-11/h3-6,11H,2,7-10H2,1H3,(H,17,21)(H,18,22). The molecule has 0 radical (unpaired) electrons. The van der Waals surface area contributed by atoms with Gasteiger partial charge in [-0.1, -0.05) is 30.8 Å². The molecule has 1 aromatic carbocycles. The molecule has 2 N–H and O–H groups in total. The molecule has 0 saturated heterocycles. The number of nitrogens with one attached hydrogen (secondary N) is 2. The zero-order valence-electron chi connectivity index (χ0n) is 13.9. The summed E-state index contributed by atoms with van der Waals surface area (Å²) in [5, 5.41) is 9.70. The first-order valence-electron chi connectivity index (χ1n) is 8.10. The highest BCUT2D eigenvalue weighted by molar-refractivity contribution is 7.99. The Bertz CT molecular complexity index is 788. The summed E-state index contributed by atoms with van der Waals surface area (Å²) in [6.45, 7) is 3.30. The van der Waals surface area contributed by atoms with Gasteiger partial charge in [-0.3, -0.25) is 9.36 Å². The predicted octanol–water partition coefficient (Wildman–Crippen LogP) is 1.03. The van der Waals surface area contributed by atoms with Crippen LogP contribution in [-0.4, -0.2) is 45.7 Å². The van der Waals surface area contributed by atoms with Crippen molar-refractivity contribution in [2.24, 2.45) is 0 Å². The van der Waals surface area contributed by atoms with Gasteiger partial charge in [0.15, 0.2) is 16.7 Å². The molecule has 2 heterocycles. The van der Waals surface area contributed by atoms with Crippen molar-refractivity contribution >= 4 is 17.7 Å². The smallest absolute Gasteiger partial charge is 0.343 e. The van der Waals surface area contributed by atoms with Crippen LogP contribution in [0, 0.1) is 0 Å². The van der Waals surface area contributed by atoms with Gasteiger partial charge in [-0.05, 0) is 18.6 Å². The highest BCUT2D eigenvalue weighted by Gasteiger charge is 2.21. The lowest BCUT2D eigenvalue weighted by Crippen LogP contribution is -2.41. The number of rotatable bonds is 7. The van der Waals surface area contributed by atoms with Gasteiger partial charge in [0.25, 0.3) is 0 Å². The maximum absolute atomic E-state index is 12.0. The Labute approximate surface area is 148 Å². The zero-order valence-corrected chi connectivity index (χ0v) is 14.7. The van der Waals surface area contributed by atoms with Crippen molar-refractivity contribution in [3.63, 3.8) is 0 Å². The third-order valence-corrected chi connectivity index (χ3v) is 4.57. The Hall–Kier alpha value is -2.42. The Morgan fingerprint density at radius 3 is 3.04 bits per heavy atom. The molecule has 0 bridgehead atoms. The van der Waals surface area contributed by atoms with Crippen LogP contribution in [0.5, 0.6) is 11.5 Å². The summed E-state index contributed by atoms with van der Waals surface area (Å²) in [6, 6.07) is 7.44. The average molecular weight is 364 g/mol. The van der Waals surface area contributed by atoms with E-state index < -0.39 is 0 Å². The van der Waals surface area contributed by atoms with E-state index in [-0.39, 0.29) is 23.5 Å². The molecule has 3 rings (SSSR count). The molecular weight excluding hydrogens is 344 g/mol. The number of aromatic amines is 1. The number of ether oxygens (including phenoxy) is 2. The minimum absolute atomic E-state index is 0.147. The molecule has 1 atom stereocenters. The van der Waals surface area contributed by atoms with Crippen LogP contribution in [0.2, 0.25) is 0 Å². The largest absolute Gasteiger partial charge is 0.486 e. The van der Waals surface area contributed by atoms with E-state index in [2.05, 4.69) is 15.5 Å². The summed E-state index contributed by atoms with van der Waals surface area (Å²) in [5.41, 5.74) is -0.254. The number of aromatic nitrogens is 3. The van der Waals surface area contributed by atoms with E-state index in [0.29, 0.717) is 36.4 Å². The number of amides is 1. The van der Waals surface area contributed by atoms with Crippen molar-refractivity contribution < 1.29 is 14.3 Å². The van der Waals surface area contributed by atoms with Gasteiger partial charge in [-0.15, -0.1) is 5.10 Å². The molecule has 8 nitrogen and oxygen atoms in total. The van der Waals surface area contributed by atoms with Crippen molar-refractivity contribution in [3.05, 3.63) is 34.7 Å². The van der Waals surface area contributed by atoms with E-state index in [0.717, 1.165) is 6.42 Å². The molecule has 25 heavy (non-hydrogen) atoms. The number of thioether (sulfide) groups is 1. The Morgan fingerprint density at radius 1 is 1.44 bits per heavy atom. The van der Waals surface area contributed by atoms with Gasteiger partial charge >= 0.3 is 5.69 Å². The fourth-order valence-corrected chi connectivity index (χ4v) is 3.21. The van der Waals surface area contributed by atoms with Crippen LogP contribution < -0.4 is 20.5 Å². The molecule has 1 aromatic heterocycles. The zero-order chi connectivity index (χ0) is 17.6. The van der Waals surface area contributed by atoms with Gasteiger partial charge in [0.2, 0.25) is 5.91 Å². The molecule has 9 heteroatoms. The Balaban J connectivity index is 1.45. The second kappa shape index (κ2) is 8.11. The topological polar surface area (TPSA) is 98.2 Å². The van der Waals surface area contributed by atoms with Crippen molar-refractivity contribution in [1.82, 2.24) is 20.1 Å².